The number of rotatable bonds is 5. The van der Waals surface area contributed by atoms with Crippen LogP contribution in [0.4, 0.5) is 16.8 Å². The normalized spacial score (nSPS) is 14.6. The molecule has 1 aromatic carbocycles. The van der Waals surface area contributed by atoms with Crippen molar-refractivity contribution >= 4 is 51.2 Å². The van der Waals surface area contributed by atoms with Crippen LogP contribution in [0.1, 0.15) is 16.3 Å². The summed E-state index contributed by atoms with van der Waals surface area (Å²) in [6.45, 7) is 5.77. The van der Waals surface area contributed by atoms with E-state index >= 15 is 0 Å². The summed E-state index contributed by atoms with van der Waals surface area (Å²) in [6.07, 6.45) is 7.85. The van der Waals surface area contributed by atoms with Gasteiger partial charge in [0, 0.05) is 48.7 Å². The first-order valence-corrected chi connectivity index (χ1v) is 10.7. The van der Waals surface area contributed by atoms with E-state index < -0.39 is 0 Å². The molecule has 1 fully saturated rings. The summed E-state index contributed by atoms with van der Waals surface area (Å²) in [5, 5.41) is 15.6. The molecule has 0 aliphatic carbocycles. The molecule has 152 valence electrons. The molecule has 1 aliphatic heterocycles. The van der Waals surface area contributed by atoms with Crippen LogP contribution in [0.5, 0.6) is 0 Å². The number of hydrogen-bond acceptors (Lipinski definition) is 8. The van der Waals surface area contributed by atoms with E-state index in [1.807, 2.05) is 31.5 Å². The number of aryl methyl sites for hydroxylation is 1. The van der Waals surface area contributed by atoms with Crippen LogP contribution in [0.2, 0.25) is 0 Å². The van der Waals surface area contributed by atoms with Crippen molar-refractivity contribution in [2.45, 2.75) is 6.92 Å². The average Bonchev–Trinajstić information content (AvgIpc) is 3.41. The van der Waals surface area contributed by atoms with Crippen LogP contribution in [-0.2, 0) is 0 Å². The van der Waals surface area contributed by atoms with Crippen molar-refractivity contribution in [2.24, 2.45) is 0 Å². The fraction of sp³-hybridized carbons (Fsp3) is 0.238. The second kappa shape index (κ2) is 8.21. The van der Waals surface area contributed by atoms with Crippen molar-refractivity contribution in [3.63, 3.8) is 0 Å². The number of thiazole rings is 1. The van der Waals surface area contributed by atoms with E-state index in [0.29, 0.717) is 0 Å². The van der Waals surface area contributed by atoms with Gasteiger partial charge in [-0.2, -0.15) is 5.10 Å². The fourth-order valence-electron chi connectivity index (χ4n) is 3.45. The van der Waals surface area contributed by atoms with Crippen molar-refractivity contribution < 1.29 is 0 Å². The quantitative estimate of drug-likeness (QED) is 0.457. The number of nitrogens with one attached hydrogen (secondary N) is 3. The Kier molecular flexibility index (Phi) is 5.12. The van der Waals surface area contributed by atoms with E-state index in [4.69, 9.17) is 0 Å². The highest BCUT2D eigenvalue weighted by molar-refractivity contribution is 7.16. The predicted octanol–water partition coefficient (Wildman–Crippen LogP) is 3.44. The Morgan fingerprint density at radius 2 is 2.00 bits per heavy atom. The van der Waals surface area contributed by atoms with Crippen LogP contribution in [0.25, 0.3) is 23.1 Å². The van der Waals surface area contributed by atoms with E-state index in [9.17, 15) is 0 Å². The van der Waals surface area contributed by atoms with Gasteiger partial charge in [0.2, 0.25) is 0 Å². The SMILES string of the molecule is Cc1nc(Nc2ncc(C=Cc3ccc4[nH]ncc4c3)s2)cc(N2CCNCC2)n1. The van der Waals surface area contributed by atoms with Gasteiger partial charge in [0.25, 0.3) is 0 Å². The average molecular weight is 419 g/mol. The molecule has 0 saturated carbocycles. The van der Waals surface area contributed by atoms with E-state index in [-0.39, 0.29) is 0 Å². The van der Waals surface area contributed by atoms with Gasteiger partial charge in [-0.1, -0.05) is 23.5 Å². The largest absolute Gasteiger partial charge is 0.354 e. The van der Waals surface area contributed by atoms with E-state index in [2.05, 4.69) is 65.0 Å². The lowest BCUT2D eigenvalue weighted by Gasteiger charge is -2.28. The van der Waals surface area contributed by atoms with Gasteiger partial charge < -0.3 is 15.5 Å². The van der Waals surface area contributed by atoms with Crippen LogP contribution in [0.15, 0.2) is 36.7 Å². The van der Waals surface area contributed by atoms with Crippen LogP contribution >= 0.6 is 11.3 Å². The minimum absolute atomic E-state index is 0.750. The lowest BCUT2D eigenvalue weighted by atomic mass is 10.1. The molecule has 8 nitrogen and oxygen atoms in total. The summed E-state index contributed by atoms with van der Waals surface area (Å²) in [7, 11) is 0. The van der Waals surface area contributed by atoms with Crippen LogP contribution in [0.3, 0.4) is 0 Å². The smallest absolute Gasteiger partial charge is 0.188 e. The number of anilines is 3. The van der Waals surface area contributed by atoms with Crippen LogP contribution in [0, 0.1) is 6.92 Å². The number of benzene rings is 1. The second-order valence-electron chi connectivity index (χ2n) is 7.14. The molecule has 30 heavy (non-hydrogen) atoms. The summed E-state index contributed by atoms with van der Waals surface area (Å²) in [5.74, 6) is 2.48. The van der Waals surface area contributed by atoms with Gasteiger partial charge in [0.05, 0.1) is 11.7 Å². The van der Waals surface area contributed by atoms with Gasteiger partial charge in [-0.3, -0.25) is 5.10 Å². The maximum Gasteiger partial charge on any atom is 0.188 e. The van der Waals surface area contributed by atoms with Crippen molar-refractivity contribution in [2.75, 3.05) is 36.4 Å². The van der Waals surface area contributed by atoms with Gasteiger partial charge in [0.15, 0.2) is 5.13 Å². The Labute approximate surface area is 178 Å². The van der Waals surface area contributed by atoms with Crippen molar-refractivity contribution in [1.82, 2.24) is 30.5 Å². The number of H-pyrrole nitrogens is 1. The Bertz CT molecular complexity index is 1190. The number of aromatic nitrogens is 5. The zero-order valence-corrected chi connectivity index (χ0v) is 17.4. The van der Waals surface area contributed by atoms with Crippen molar-refractivity contribution in [3.05, 3.63) is 52.9 Å². The molecule has 1 saturated heterocycles. The molecule has 9 heteroatoms. The molecular weight excluding hydrogens is 396 g/mol. The number of piperazine rings is 1. The molecule has 3 N–H and O–H groups in total. The molecule has 0 atom stereocenters. The van der Waals surface area contributed by atoms with Gasteiger partial charge in [-0.25, -0.2) is 15.0 Å². The van der Waals surface area contributed by atoms with Gasteiger partial charge in [-0.05, 0) is 30.7 Å². The monoisotopic (exact) mass is 418 g/mol. The Hall–Kier alpha value is -3.30. The standard InChI is InChI=1S/C21H22N8S/c1-14-25-19(11-20(26-14)29-8-6-22-7-9-29)27-21-23-13-17(30-21)4-2-15-3-5-18-16(10-15)12-24-28-18/h2-5,10-13,22H,6-9H2,1H3,(H,24,28)(H,23,25,26,27). The van der Waals surface area contributed by atoms with E-state index in [1.165, 1.54) is 0 Å². The molecule has 4 heterocycles. The van der Waals surface area contributed by atoms with Crippen molar-refractivity contribution in [1.29, 1.82) is 0 Å². The van der Waals surface area contributed by atoms with Gasteiger partial charge in [0.1, 0.15) is 17.5 Å². The zero-order chi connectivity index (χ0) is 20.3. The van der Waals surface area contributed by atoms with Gasteiger partial charge >= 0.3 is 0 Å². The van der Waals surface area contributed by atoms with E-state index in [0.717, 1.165) is 70.1 Å². The first-order valence-electron chi connectivity index (χ1n) is 9.88. The highest BCUT2D eigenvalue weighted by Crippen LogP contribution is 2.25. The fourth-order valence-corrected chi connectivity index (χ4v) is 4.17. The number of nitrogens with zero attached hydrogens (tertiary/aromatic N) is 5. The Morgan fingerprint density at radius 3 is 2.90 bits per heavy atom. The Balaban J connectivity index is 1.30. The maximum absolute atomic E-state index is 4.60. The third kappa shape index (κ3) is 4.17. The number of fused-ring (bicyclic) bond motifs is 1. The van der Waals surface area contributed by atoms with Crippen LogP contribution in [-0.4, -0.2) is 51.3 Å². The summed E-state index contributed by atoms with van der Waals surface area (Å²) >= 11 is 1.59. The highest BCUT2D eigenvalue weighted by Gasteiger charge is 2.14. The van der Waals surface area contributed by atoms with Crippen LogP contribution < -0.4 is 15.5 Å². The molecule has 0 bridgehead atoms. The lowest BCUT2D eigenvalue weighted by molar-refractivity contribution is 0.584. The number of aromatic amines is 1. The predicted molar refractivity (Wildman–Crippen MR) is 122 cm³/mol. The molecule has 0 spiro atoms. The molecule has 3 aromatic heterocycles. The molecule has 5 rings (SSSR count). The summed E-state index contributed by atoms with van der Waals surface area (Å²) < 4.78 is 0. The highest BCUT2D eigenvalue weighted by atomic mass is 32.1. The lowest BCUT2D eigenvalue weighted by Crippen LogP contribution is -2.44. The zero-order valence-electron chi connectivity index (χ0n) is 16.6. The third-order valence-corrected chi connectivity index (χ3v) is 5.81. The third-order valence-electron chi connectivity index (χ3n) is 4.93. The summed E-state index contributed by atoms with van der Waals surface area (Å²) in [5.41, 5.74) is 2.16. The minimum Gasteiger partial charge on any atom is -0.354 e. The molecular formula is C21H22N8S. The minimum atomic E-state index is 0.750. The topological polar surface area (TPSA) is 94.7 Å². The second-order valence-corrected chi connectivity index (χ2v) is 8.20. The molecule has 0 radical (unpaired) electrons. The van der Waals surface area contributed by atoms with E-state index in [1.54, 1.807) is 11.3 Å². The molecule has 0 unspecified atom stereocenters. The molecule has 1 aliphatic rings. The summed E-state index contributed by atoms with van der Waals surface area (Å²) in [6, 6.07) is 8.21. The Morgan fingerprint density at radius 1 is 1.10 bits per heavy atom. The first-order chi connectivity index (χ1) is 14.7. The van der Waals surface area contributed by atoms with Gasteiger partial charge in [-0.15, -0.1) is 0 Å². The maximum atomic E-state index is 4.60. The molecule has 0 amide bonds. The first kappa shape index (κ1) is 18.7. The summed E-state index contributed by atoms with van der Waals surface area (Å²) in [4.78, 5) is 17.0. The molecule has 4 aromatic rings. The number of hydrogen-bond donors (Lipinski definition) is 3. The van der Waals surface area contributed by atoms with Crippen molar-refractivity contribution in [3.8, 4) is 0 Å².